The molecule has 2 N–H and O–H groups in total. The molecule has 4 rings (SSSR count). The number of halogens is 4. The van der Waals surface area contributed by atoms with Gasteiger partial charge in [0.2, 0.25) is 6.10 Å². The molecule has 0 radical (unpaired) electrons. The number of aromatic nitrogens is 3. The molecule has 186 valence electrons. The van der Waals surface area contributed by atoms with Crippen LogP contribution in [0.2, 0.25) is 0 Å². The van der Waals surface area contributed by atoms with Crippen LogP contribution in [-0.4, -0.2) is 55.0 Å². The van der Waals surface area contributed by atoms with Crippen molar-refractivity contribution in [2.45, 2.75) is 68.9 Å². The maximum absolute atomic E-state index is 13.9. The molecule has 0 bridgehead atoms. The van der Waals surface area contributed by atoms with Gasteiger partial charge in [-0.15, -0.1) is 0 Å². The Morgan fingerprint density at radius 1 is 1.09 bits per heavy atom. The zero-order valence-corrected chi connectivity index (χ0v) is 18.9. The van der Waals surface area contributed by atoms with Crippen LogP contribution in [-0.2, 0) is 4.79 Å². The molecule has 1 atom stereocenters. The van der Waals surface area contributed by atoms with Crippen LogP contribution in [0.3, 0.4) is 0 Å². The second-order valence-corrected chi connectivity index (χ2v) is 9.88. The third-order valence-electron chi connectivity index (χ3n) is 6.45. The van der Waals surface area contributed by atoms with E-state index in [0.29, 0.717) is 12.8 Å². The number of carbonyl (C=O) groups excluding carboxylic acids is 1. The number of aliphatic hydroxyl groups is 1. The van der Waals surface area contributed by atoms with Crippen molar-refractivity contribution in [1.82, 2.24) is 19.4 Å². The molecule has 1 unspecified atom stereocenters. The van der Waals surface area contributed by atoms with Gasteiger partial charge in [0.25, 0.3) is 11.5 Å². The number of alkyl halides is 3. The number of nitrogens with one attached hydrogen (secondary N) is 1. The Morgan fingerprint density at radius 3 is 2.32 bits per heavy atom. The van der Waals surface area contributed by atoms with E-state index in [0.717, 1.165) is 28.3 Å². The number of rotatable bonds is 4. The lowest BCUT2D eigenvalue weighted by molar-refractivity contribution is -0.205. The summed E-state index contributed by atoms with van der Waals surface area (Å²) < 4.78 is 54.2. The fourth-order valence-electron chi connectivity index (χ4n) is 4.71. The van der Waals surface area contributed by atoms with Crippen LogP contribution in [0.4, 0.5) is 17.6 Å². The van der Waals surface area contributed by atoms with Gasteiger partial charge >= 0.3 is 11.9 Å². The van der Waals surface area contributed by atoms with Gasteiger partial charge in [-0.2, -0.15) is 24.9 Å². The van der Waals surface area contributed by atoms with E-state index >= 15 is 0 Å². The van der Waals surface area contributed by atoms with Crippen molar-refractivity contribution < 1.29 is 27.5 Å². The normalized spacial score (nSPS) is 23.1. The van der Waals surface area contributed by atoms with Crippen molar-refractivity contribution in [3.05, 3.63) is 38.9 Å². The topological polar surface area (TPSA) is 106 Å². The number of thioether (sulfide) groups is 1. The van der Waals surface area contributed by atoms with E-state index in [-0.39, 0.29) is 42.8 Å². The third kappa shape index (κ3) is 4.85. The molecule has 8 nitrogen and oxygen atoms in total. The van der Waals surface area contributed by atoms with Crippen LogP contribution >= 0.6 is 11.8 Å². The predicted molar refractivity (Wildman–Crippen MR) is 117 cm³/mol. The van der Waals surface area contributed by atoms with Crippen LogP contribution in [0.15, 0.2) is 21.9 Å². The number of fused-ring (bicyclic) bond motifs is 1. The number of carbonyl (C=O) groups is 1. The Bertz CT molecular complexity index is 1180. The summed E-state index contributed by atoms with van der Waals surface area (Å²) in [6.45, 7) is 0. The Balaban J connectivity index is 1.62. The van der Waals surface area contributed by atoms with Crippen molar-refractivity contribution >= 4 is 28.7 Å². The van der Waals surface area contributed by atoms with Gasteiger partial charge < -0.3 is 10.4 Å². The van der Waals surface area contributed by atoms with Crippen molar-refractivity contribution in [1.29, 1.82) is 0 Å². The fraction of sp³-hybridized carbons (Fsp3) is 0.619. The predicted octanol–water partition coefficient (Wildman–Crippen LogP) is 2.29. The van der Waals surface area contributed by atoms with E-state index in [1.54, 1.807) is 11.8 Å². The Morgan fingerprint density at radius 2 is 1.71 bits per heavy atom. The molecule has 1 saturated heterocycles. The van der Waals surface area contributed by atoms with E-state index in [4.69, 9.17) is 5.11 Å². The monoisotopic (exact) mass is 504 g/mol. The van der Waals surface area contributed by atoms with E-state index < -0.39 is 47.3 Å². The summed E-state index contributed by atoms with van der Waals surface area (Å²) in [4.78, 5) is 42.4. The number of pyridine rings is 1. The first-order valence-electron chi connectivity index (χ1n) is 11.0. The van der Waals surface area contributed by atoms with Gasteiger partial charge in [-0.1, -0.05) is 0 Å². The number of nitrogens with zero attached hydrogens (tertiary/aromatic N) is 3. The highest BCUT2D eigenvalue weighted by atomic mass is 32.2. The lowest BCUT2D eigenvalue weighted by Gasteiger charge is -2.32. The number of hydrogen-bond acceptors (Lipinski definition) is 6. The van der Waals surface area contributed by atoms with E-state index in [1.807, 2.05) is 0 Å². The van der Waals surface area contributed by atoms with E-state index in [9.17, 15) is 31.9 Å². The van der Waals surface area contributed by atoms with E-state index in [1.165, 1.54) is 4.57 Å². The Kier molecular flexibility index (Phi) is 7.04. The lowest BCUT2D eigenvalue weighted by Crippen LogP contribution is -2.50. The van der Waals surface area contributed by atoms with Gasteiger partial charge in [-0.25, -0.2) is 14.2 Å². The van der Waals surface area contributed by atoms with Crippen molar-refractivity contribution in [2.24, 2.45) is 0 Å². The number of hydrogen-bond donors (Lipinski definition) is 2. The van der Waals surface area contributed by atoms with Crippen LogP contribution in [0.25, 0.3) is 11.0 Å². The molecule has 13 heteroatoms. The first kappa shape index (κ1) is 24.7. The largest absolute Gasteiger partial charge is 0.423 e. The highest BCUT2D eigenvalue weighted by Gasteiger charge is 2.44. The van der Waals surface area contributed by atoms with Gasteiger partial charge in [-0.05, 0) is 56.1 Å². The first-order valence-corrected chi connectivity index (χ1v) is 12.2. The summed E-state index contributed by atoms with van der Waals surface area (Å²) in [5.74, 6) is -0.547. The first-order chi connectivity index (χ1) is 16.1. The summed E-state index contributed by atoms with van der Waals surface area (Å²) in [5.41, 5.74) is -1.05. The van der Waals surface area contributed by atoms with Crippen molar-refractivity contribution in [2.75, 3.05) is 11.5 Å². The zero-order chi connectivity index (χ0) is 24.6. The maximum atomic E-state index is 13.9. The molecule has 0 aromatic carbocycles. The van der Waals surface area contributed by atoms with Gasteiger partial charge in [0, 0.05) is 18.1 Å². The molecule has 1 aliphatic carbocycles. The highest BCUT2D eigenvalue weighted by molar-refractivity contribution is 7.99. The minimum absolute atomic E-state index is 0.00144. The molecule has 2 aliphatic rings. The van der Waals surface area contributed by atoms with Gasteiger partial charge in [0.1, 0.15) is 11.5 Å². The molecule has 2 aromatic heterocycles. The van der Waals surface area contributed by atoms with Gasteiger partial charge in [-0.3, -0.25) is 18.7 Å². The standard InChI is InChI=1S/C21H24F4N4O4S/c22-11-9-15-17(26-10-11)28(14-5-7-34-8-6-14)20(33)29(19(15)32)13-3-1-12(2-4-13)27-18(31)16(30)21(23,24)25/h9-10,12-14,16,30H,1-8H2,(H,27,31). The Labute approximate surface area is 195 Å². The summed E-state index contributed by atoms with van der Waals surface area (Å²) >= 11 is 1.76. The summed E-state index contributed by atoms with van der Waals surface area (Å²) in [7, 11) is 0. The smallest absolute Gasteiger partial charge is 0.376 e. The quantitative estimate of drug-likeness (QED) is 0.619. The van der Waals surface area contributed by atoms with Crippen molar-refractivity contribution in [3.8, 4) is 0 Å². The SMILES string of the molecule is O=C(NC1CCC(n2c(=O)c3cc(F)cnc3n(C3CCSCC3)c2=O)CC1)C(O)C(F)(F)F. The molecule has 1 amide bonds. The minimum Gasteiger partial charge on any atom is -0.376 e. The van der Waals surface area contributed by atoms with Gasteiger partial charge in [0.05, 0.1) is 11.6 Å². The Hall–Kier alpha value is -2.41. The average molecular weight is 505 g/mol. The third-order valence-corrected chi connectivity index (χ3v) is 7.49. The maximum Gasteiger partial charge on any atom is 0.423 e. The van der Waals surface area contributed by atoms with Crippen LogP contribution in [0.1, 0.15) is 50.6 Å². The summed E-state index contributed by atoms with van der Waals surface area (Å²) in [5, 5.41) is 11.3. The van der Waals surface area contributed by atoms with Gasteiger partial charge in [0.15, 0.2) is 0 Å². The summed E-state index contributed by atoms with van der Waals surface area (Å²) in [6.07, 6.45) is -4.87. The van der Waals surface area contributed by atoms with Crippen LogP contribution < -0.4 is 16.6 Å². The van der Waals surface area contributed by atoms with Crippen LogP contribution in [0, 0.1) is 5.82 Å². The summed E-state index contributed by atoms with van der Waals surface area (Å²) in [6, 6.07) is -0.300. The molecule has 1 aliphatic heterocycles. The average Bonchev–Trinajstić information content (AvgIpc) is 2.80. The number of aliphatic hydroxyl groups excluding tert-OH is 1. The second kappa shape index (κ2) is 9.68. The fourth-order valence-corrected chi connectivity index (χ4v) is 5.79. The molecule has 3 heterocycles. The molecular formula is C21H24F4N4O4S. The molecule has 2 fully saturated rings. The lowest BCUT2D eigenvalue weighted by atomic mass is 9.90. The molecule has 0 spiro atoms. The minimum atomic E-state index is -5.06. The highest BCUT2D eigenvalue weighted by Crippen LogP contribution is 2.30. The molecule has 1 saturated carbocycles. The van der Waals surface area contributed by atoms with Crippen LogP contribution in [0.5, 0.6) is 0 Å². The second-order valence-electron chi connectivity index (χ2n) is 8.65. The molecule has 34 heavy (non-hydrogen) atoms. The molecular weight excluding hydrogens is 480 g/mol. The van der Waals surface area contributed by atoms with Crippen molar-refractivity contribution in [3.63, 3.8) is 0 Å². The molecule has 2 aromatic rings. The van der Waals surface area contributed by atoms with E-state index in [2.05, 4.69) is 10.3 Å². The zero-order valence-electron chi connectivity index (χ0n) is 18.1. The number of amides is 1.